The fourth-order valence-electron chi connectivity index (χ4n) is 0.971. The minimum atomic E-state index is -0.426. The topological polar surface area (TPSA) is 67.5 Å². The van der Waals surface area contributed by atoms with Gasteiger partial charge in [0.2, 0.25) is 0 Å². The SMILES string of the molecule is CC(=NNc1cccc([N+](=O)[O-])c1)C(C)C. The summed E-state index contributed by atoms with van der Waals surface area (Å²) in [6.45, 7) is 5.98. The summed E-state index contributed by atoms with van der Waals surface area (Å²) in [5, 5.41) is 14.7. The molecule has 0 heterocycles. The van der Waals surface area contributed by atoms with E-state index in [4.69, 9.17) is 0 Å². The molecule has 0 aromatic heterocycles. The molecule has 16 heavy (non-hydrogen) atoms. The van der Waals surface area contributed by atoms with Gasteiger partial charge in [-0.1, -0.05) is 19.9 Å². The Bertz CT molecular complexity index is 413. The number of rotatable bonds is 4. The largest absolute Gasteiger partial charge is 0.278 e. The average Bonchev–Trinajstić information content (AvgIpc) is 2.26. The van der Waals surface area contributed by atoms with Gasteiger partial charge in [-0.05, 0) is 18.9 Å². The molecule has 0 atom stereocenters. The van der Waals surface area contributed by atoms with Gasteiger partial charge in [-0.3, -0.25) is 15.5 Å². The average molecular weight is 221 g/mol. The van der Waals surface area contributed by atoms with Gasteiger partial charge in [-0.2, -0.15) is 5.10 Å². The van der Waals surface area contributed by atoms with Crippen LogP contribution in [0.1, 0.15) is 20.8 Å². The Morgan fingerprint density at radius 2 is 2.19 bits per heavy atom. The molecule has 86 valence electrons. The summed E-state index contributed by atoms with van der Waals surface area (Å²) in [4.78, 5) is 10.1. The van der Waals surface area contributed by atoms with Crippen LogP contribution in [0.4, 0.5) is 11.4 Å². The van der Waals surface area contributed by atoms with Gasteiger partial charge >= 0.3 is 0 Å². The van der Waals surface area contributed by atoms with Gasteiger partial charge in [-0.15, -0.1) is 0 Å². The predicted molar refractivity (Wildman–Crippen MR) is 64.7 cm³/mol. The highest BCUT2D eigenvalue weighted by molar-refractivity contribution is 5.84. The fraction of sp³-hybridized carbons (Fsp3) is 0.364. The van der Waals surface area contributed by atoms with Crippen molar-refractivity contribution in [3.8, 4) is 0 Å². The molecule has 0 saturated heterocycles. The Kier molecular flexibility index (Phi) is 3.99. The molecule has 1 rings (SSSR count). The Morgan fingerprint density at radius 3 is 2.75 bits per heavy atom. The van der Waals surface area contributed by atoms with Crippen LogP contribution in [0.3, 0.4) is 0 Å². The summed E-state index contributed by atoms with van der Waals surface area (Å²) in [5.41, 5.74) is 4.43. The Labute approximate surface area is 94.3 Å². The predicted octanol–water partition coefficient (Wildman–Crippen LogP) is 3.04. The van der Waals surface area contributed by atoms with Crippen LogP contribution >= 0.6 is 0 Å². The third-order valence-corrected chi connectivity index (χ3v) is 2.25. The number of nitrogens with one attached hydrogen (secondary N) is 1. The maximum absolute atomic E-state index is 10.5. The van der Waals surface area contributed by atoms with Crippen molar-refractivity contribution in [1.29, 1.82) is 0 Å². The van der Waals surface area contributed by atoms with Gasteiger partial charge in [-0.25, -0.2) is 0 Å². The van der Waals surface area contributed by atoms with Crippen molar-refractivity contribution < 1.29 is 4.92 Å². The van der Waals surface area contributed by atoms with E-state index in [-0.39, 0.29) is 5.69 Å². The van der Waals surface area contributed by atoms with E-state index in [0.29, 0.717) is 11.6 Å². The highest BCUT2D eigenvalue weighted by Gasteiger charge is 2.05. The lowest BCUT2D eigenvalue weighted by Crippen LogP contribution is -2.05. The quantitative estimate of drug-likeness (QED) is 0.482. The first-order valence-corrected chi connectivity index (χ1v) is 5.05. The third kappa shape index (κ3) is 3.34. The van der Waals surface area contributed by atoms with Crippen LogP contribution < -0.4 is 5.43 Å². The van der Waals surface area contributed by atoms with E-state index < -0.39 is 4.92 Å². The van der Waals surface area contributed by atoms with Gasteiger partial charge in [0.25, 0.3) is 5.69 Å². The van der Waals surface area contributed by atoms with E-state index >= 15 is 0 Å². The zero-order valence-corrected chi connectivity index (χ0v) is 9.60. The van der Waals surface area contributed by atoms with Crippen molar-refractivity contribution >= 4 is 17.1 Å². The second kappa shape index (κ2) is 5.25. The first-order chi connectivity index (χ1) is 7.50. The maximum atomic E-state index is 10.5. The van der Waals surface area contributed by atoms with Crippen LogP contribution in [0, 0.1) is 16.0 Å². The Morgan fingerprint density at radius 1 is 1.50 bits per heavy atom. The number of nitro benzene ring substituents is 1. The summed E-state index contributed by atoms with van der Waals surface area (Å²) in [6, 6.07) is 6.27. The lowest BCUT2D eigenvalue weighted by molar-refractivity contribution is -0.384. The minimum absolute atomic E-state index is 0.0578. The molecule has 0 aliphatic carbocycles. The second-order valence-electron chi connectivity index (χ2n) is 3.83. The highest BCUT2D eigenvalue weighted by atomic mass is 16.6. The zero-order chi connectivity index (χ0) is 12.1. The lowest BCUT2D eigenvalue weighted by atomic mass is 10.1. The van der Waals surface area contributed by atoms with E-state index in [1.807, 2.05) is 20.8 Å². The van der Waals surface area contributed by atoms with Crippen LogP contribution in [0.5, 0.6) is 0 Å². The number of anilines is 1. The molecular formula is C11H15N3O2. The third-order valence-electron chi connectivity index (χ3n) is 2.25. The van der Waals surface area contributed by atoms with Gasteiger partial charge in [0.05, 0.1) is 10.6 Å². The van der Waals surface area contributed by atoms with Crippen LogP contribution in [-0.4, -0.2) is 10.6 Å². The molecule has 0 unspecified atom stereocenters. The molecule has 0 amide bonds. The van der Waals surface area contributed by atoms with Crippen LogP contribution in [0.25, 0.3) is 0 Å². The summed E-state index contributed by atoms with van der Waals surface area (Å²) in [6.07, 6.45) is 0. The minimum Gasteiger partial charge on any atom is -0.278 e. The molecule has 0 bridgehead atoms. The van der Waals surface area contributed by atoms with Crippen LogP contribution in [0.2, 0.25) is 0 Å². The highest BCUT2D eigenvalue weighted by Crippen LogP contribution is 2.17. The molecule has 0 aliphatic heterocycles. The number of hydrogen-bond acceptors (Lipinski definition) is 4. The van der Waals surface area contributed by atoms with Crippen molar-refractivity contribution in [2.45, 2.75) is 20.8 Å². The number of non-ortho nitro benzene ring substituents is 1. The van der Waals surface area contributed by atoms with E-state index in [1.54, 1.807) is 12.1 Å². The van der Waals surface area contributed by atoms with Crippen LogP contribution in [-0.2, 0) is 0 Å². The molecular weight excluding hydrogens is 206 g/mol. The number of nitrogens with zero attached hydrogens (tertiary/aromatic N) is 2. The monoisotopic (exact) mass is 221 g/mol. The second-order valence-corrected chi connectivity index (χ2v) is 3.83. The molecule has 0 fully saturated rings. The molecule has 0 radical (unpaired) electrons. The first kappa shape index (κ1) is 12.2. The van der Waals surface area contributed by atoms with Gasteiger partial charge in [0, 0.05) is 17.8 Å². The maximum Gasteiger partial charge on any atom is 0.271 e. The van der Waals surface area contributed by atoms with Crippen LogP contribution in [0.15, 0.2) is 29.4 Å². The van der Waals surface area contributed by atoms with Crippen molar-refractivity contribution in [2.24, 2.45) is 11.0 Å². The molecule has 0 spiro atoms. The lowest BCUT2D eigenvalue weighted by Gasteiger charge is -2.05. The van der Waals surface area contributed by atoms with E-state index in [1.165, 1.54) is 12.1 Å². The van der Waals surface area contributed by atoms with Gasteiger partial charge in [0.1, 0.15) is 0 Å². The zero-order valence-electron chi connectivity index (χ0n) is 9.60. The number of hydrazone groups is 1. The molecule has 1 aromatic carbocycles. The summed E-state index contributed by atoms with van der Waals surface area (Å²) < 4.78 is 0. The van der Waals surface area contributed by atoms with E-state index in [9.17, 15) is 10.1 Å². The fourth-order valence-corrected chi connectivity index (χ4v) is 0.971. The van der Waals surface area contributed by atoms with Crippen molar-refractivity contribution in [1.82, 2.24) is 0 Å². The molecule has 0 saturated carbocycles. The van der Waals surface area contributed by atoms with E-state index in [2.05, 4.69) is 10.5 Å². The number of hydrogen-bond donors (Lipinski definition) is 1. The van der Waals surface area contributed by atoms with E-state index in [0.717, 1.165) is 5.71 Å². The van der Waals surface area contributed by atoms with Crippen molar-refractivity contribution in [3.63, 3.8) is 0 Å². The first-order valence-electron chi connectivity index (χ1n) is 5.05. The molecule has 1 aromatic rings. The van der Waals surface area contributed by atoms with Gasteiger partial charge in [0.15, 0.2) is 0 Å². The number of benzene rings is 1. The molecule has 5 nitrogen and oxygen atoms in total. The normalized spacial score (nSPS) is 11.6. The molecule has 5 heteroatoms. The van der Waals surface area contributed by atoms with Gasteiger partial charge < -0.3 is 0 Å². The van der Waals surface area contributed by atoms with Crippen molar-refractivity contribution in [3.05, 3.63) is 34.4 Å². The Hall–Kier alpha value is -1.91. The summed E-state index contributed by atoms with van der Waals surface area (Å²) >= 11 is 0. The molecule has 1 N–H and O–H groups in total. The van der Waals surface area contributed by atoms with Crippen molar-refractivity contribution in [2.75, 3.05) is 5.43 Å². The summed E-state index contributed by atoms with van der Waals surface area (Å²) in [5.74, 6) is 0.353. The Balaban J connectivity index is 2.79. The number of nitro groups is 1. The standard InChI is InChI=1S/C11H15N3O2/c1-8(2)9(3)12-13-10-5-4-6-11(7-10)14(15)16/h4-8,13H,1-3H3. The smallest absolute Gasteiger partial charge is 0.271 e. The molecule has 0 aliphatic rings. The summed E-state index contributed by atoms with van der Waals surface area (Å²) in [7, 11) is 0.